The Labute approximate surface area is 297 Å². The van der Waals surface area contributed by atoms with Gasteiger partial charge in [0.25, 0.3) is 5.91 Å². The number of nitrogens with one attached hydrogen (secondary N) is 3. The number of ether oxygens (including phenoxy) is 1. The van der Waals surface area contributed by atoms with Crippen LogP contribution < -0.4 is 37.9 Å². The van der Waals surface area contributed by atoms with E-state index in [1.807, 2.05) is 0 Å². The van der Waals surface area contributed by atoms with E-state index in [1.165, 1.54) is 57.9 Å². The van der Waals surface area contributed by atoms with Crippen molar-refractivity contribution >= 4 is 52.2 Å². The molecular weight excluding hydrogens is 671 g/mol. The van der Waals surface area contributed by atoms with Crippen molar-refractivity contribution in [3.8, 4) is 5.75 Å². The first-order valence-corrected chi connectivity index (χ1v) is 16.0. The van der Waals surface area contributed by atoms with Gasteiger partial charge in [0.1, 0.15) is 28.0 Å². The lowest BCUT2D eigenvalue weighted by Gasteiger charge is -2.22. The molecule has 0 aromatic heterocycles. The first-order chi connectivity index (χ1) is 23.5. The Morgan fingerprint density at radius 1 is 1.20 bits per heavy atom. The highest BCUT2D eigenvalue weighted by Gasteiger charge is 2.34. The molecule has 0 saturated heterocycles. The zero-order valence-corrected chi connectivity index (χ0v) is 30.3. The van der Waals surface area contributed by atoms with E-state index >= 15 is 0 Å². The summed E-state index contributed by atoms with van der Waals surface area (Å²) < 4.78 is 45.4. The van der Waals surface area contributed by atoms with E-state index in [4.69, 9.17) is 34.2 Å². The SMILES string of the molecule is C=C/C(=C\N=C(C)C(=S)N(C)C/C(C=NC)=C(/N)C(F)(F)F)c1cccc(NC(/C=C(\N)NC(=O)C2CC2)=C(/N)C(=O)NC)c1OC.CCC. The number of thiocarbonyl (C=S) groups is 1. The number of carbonyl (C=O) groups is 2. The second-order valence-corrected chi connectivity index (χ2v) is 11.4. The molecular formula is C34H48F3N9O3S. The van der Waals surface area contributed by atoms with Crippen LogP contribution in [0, 0.1) is 5.92 Å². The summed E-state index contributed by atoms with van der Waals surface area (Å²) >= 11 is 5.46. The van der Waals surface area contributed by atoms with Gasteiger partial charge in [-0.2, -0.15) is 13.2 Å². The van der Waals surface area contributed by atoms with Crippen molar-refractivity contribution in [2.75, 3.05) is 40.1 Å². The number of allylic oxidation sites excluding steroid dienone is 4. The zero-order chi connectivity index (χ0) is 38.2. The number of rotatable bonds is 14. The maximum Gasteiger partial charge on any atom is 0.431 e. The Morgan fingerprint density at radius 2 is 1.82 bits per heavy atom. The highest BCUT2D eigenvalue weighted by atomic mass is 32.1. The largest absolute Gasteiger partial charge is 0.494 e. The minimum atomic E-state index is -4.73. The van der Waals surface area contributed by atoms with Gasteiger partial charge in [0.15, 0.2) is 0 Å². The summed E-state index contributed by atoms with van der Waals surface area (Å²) in [6.07, 6.45) is 3.44. The molecule has 0 spiro atoms. The minimum Gasteiger partial charge on any atom is -0.494 e. The number of anilines is 1. The molecule has 12 nitrogen and oxygen atoms in total. The molecule has 0 atom stereocenters. The van der Waals surface area contributed by atoms with Crippen LogP contribution in [0.15, 0.2) is 81.6 Å². The predicted molar refractivity (Wildman–Crippen MR) is 199 cm³/mol. The van der Waals surface area contributed by atoms with E-state index < -0.39 is 17.8 Å². The Morgan fingerprint density at radius 3 is 2.32 bits per heavy atom. The number of methoxy groups -OCH3 is 1. The molecule has 1 fully saturated rings. The maximum atomic E-state index is 13.2. The summed E-state index contributed by atoms with van der Waals surface area (Å²) in [4.78, 5) is 34.3. The van der Waals surface area contributed by atoms with Crippen LogP contribution in [0.25, 0.3) is 5.57 Å². The number of halogens is 3. The molecule has 0 unspecified atom stereocenters. The van der Waals surface area contributed by atoms with Crippen molar-refractivity contribution in [3.63, 3.8) is 0 Å². The third-order valence-electron chi connectivity index (χ3n) is 6.69. The molecule has 0 radical (unpaired) electrons. The highest BCUT2D eigenvalue weighted by Crippen LogP contribution is 2.35. The van der Waals surface area contributed by atoms with Gasteiger partial charge >= 0.3 is 6.18 Å². The first-order valence-electron chi connectivity index (χ1n) is 15.6. The van der Waals surface area contributed by atoms with Crippen molar-refractivity contribution in [3.05, 3.63) is 77.2 Å². The molecule has 1 aromatic carbocycles. The Hall–Kier alpha value is -5.12. The van der Waals surface area contributed by atoms with Gasteiger partial charge in [-0.05, 0) is 25.8 Å². The molecule has 274 valence electrons. The molecule has 16 heteroatoms. The summed E-state index contributed by atoms with van der Waals surface area (Å²) in [5.41, 5.74) is 17.6. The number of benzene rings is 1. The van der Waals surface area contributed by atoms with Crippen LogP contribution in [0.3, 0.4) is 0 Å². The molecule has 9 N–H and O–H groups in total. The molecule has 1 aliphatic rings. The molecule has 1 saturated carbocycles. The van der Waals surface area contributed by atoms with Crippen molar-refractivity contribution in [1.82, 2.24) is 15.5 Å². The lowest BCUT2D eigenvalue weighted by molar-refractivity contribution is -0.121. The fraction of sp³-hybridized carbons (Fsp3) is 0.382. The van der Waals surface area contributed by atoms with Crippen LogP contribution in [0.2, 0.25) is 0 Å². The van der Waals surface area contributed by atoms with Crippen LogP contribution in [0.5, 0.6) is 5.75 Å². The summed E-state index contributed by atoms with van der Waals surface area (Å²) in [5.74, 6) is -0.620. The number of aliphatic imine (C=N–C) groups is 2. The number of hydrogen-bond acceptors (Lipinski definition) is 10. The van der Waals surface area contributed by atoms with E-state index in [9.17, 15) is 22.8 Å². The van der Waals surface area contributed by atoms with Crippen molar-refractivity contribution in [1.29, 1.82) is 0 Å². The summed E-state index contributed by atoms with van der Waals surface area (Å²) in [7, 11) is 5.70. The third kappa shape index (κ3) is 13.1. The Kier molecular flexibility index (Phi) is 17.5. The second-order valence-electron chi connectivity index (χ2n) is 11.0. The van der Waals surface area contributed by atoms with Crippen molar-refractivity contribution < 1.29 is 27.5 Å². The number of para-hydroxylation sites is 1. The number of likely N-dealkylation sites (N-methyl/N-ethyl adjacent to an activating group) is 2. The molecule has 0 aliphatic heterocycles. The normalized spacial score (nSPS) is 14.8. The van der Waals surface area contributed by atoms with Gasteiger partial charge < -0.3 is 42.8 Å². The quantitative estimate of drug-likeness (QED) is 0.0698. The molecule has 0 heterocycles. The number of nitrogens with zero attached hydrogens (tertiary/aromatic N) is 3. The van der Waals surface area contributed by atoms with E-state index in [-0.39, 0.29) is 46.1 Å². The predicted octanol–water partition coefficient (Wildman–Crippen LogP) is 4.49. The third-order valence-corrected chi connectivity index (χ3v) is 7.30. The summed E-state index contributed by atoms with van der Waals surface area (Å²) in [6, 6.07) is 5.11. The Bertz CT molecular complexity index is 1590. The monoisotopic (exact) mass is 719 g/mol. The highest BCUT2D eigenvalue weighted by molar-refractivity contribution is 7.82. The van der Waals surface area contributed by atoms with Gasteiger partial charge in [-0.3, -0.25) is 19.6 Å². The van der Waals surface area contributed by atoms with Gasteiger partial charge in [0.05, 0.1) is 24.2 Å². The lowest BCUT2D eigenvalue weighted by atomic mass is 10.0. The number of nitrogens with two attached hydrogens (primary N) is 3. The molecule has 2 amide bonds. The van der Waals surface area contributed by atoms with E-state index in [1.54, 1.807) is 25.1 Å². The Balaban J connectivity index is 0.00000401. The van der Waals surface area contributed by atoms with Crippen LogP contribution >= 0.6 is 12.2 Å². The van der Waals surface area contributed by atoms with Gasteiger partial charge in [-0.25, -0.2) is 0 Å². The summed E-state index contributed by atoms with van der Waals surface area (Å²) in [5, 5.41) is 8.11. The average Bonchev–Trinajstić information content (AvgIpc) is 3.92. The van der Waals surface area contributed by atoms with Gasteiger partial charge in [-0.1, -0.05) is 57.3 Å². The number of hydrogen-bond donors (Lipinski definition) is 6. The van der Waals surface area contributed by atoms with Crippen molar-refractivity contribution in [2.24, 2.45) is 33.1 Å². The number of amides is 2. The summed E-state index contributed by atoms with van der Waals surface area (Å²) in [6.45, 7) is 9.46. The fourth-order valence-corrected chi connectivity index (χ4v) is 4.16. The van der Waals surface area contributed by atoms with Gasteiger partial charge in [0.2, 0.25) is 5.91 Å². The molecule has 50 heavy (non-hydrogen) atoms. The van der Waals surface area contributed by atoms with E-state index in [2.05, 4.69) is 46.4 Å². The van der Waals surface area contributed by atoms with Crippen LogP contribution in [-0.2, 0) is 9.59 Å². The molecule has 1 aliphatic carbocycles. The average molecular weight is 720 g/mol. The minimum absolute atomic E-state index is 0.0190. The van der Waals surface area contributed by atoms with Crippen LogP contribution in [0.4, 0.5) is 18.9 Å². The van der Waals surface area contributed by atoms with Crippen LogP contribution in [-0.4, -0.2) is 74.6 Å². The molecule has 2 rings (SSSR count). The number of carbonyl (C=O) groups excluding carboxylic acids is 2. The lowest BCUT2D eigenvalue weighted by Crippen LogP contribution is -2.34. The standard InChI is InChI=1S/C31H40F3N9O3S.C3H8/c1-7-18(15-40-17(2)30(47)43(5)16-20(14-38-3)27(37)31(32,33)34)21-9-8-10-22(26(21)46-6)41-23(25(36)29(45)39-4)13-24(35)42-28(44)19-11-12-19;1-3-2/h7-10,13-15,19,41H,1,11-12,16,35-37H2,2-6H3,(H,39,45)(H,42,44);3H2,1-2H3/b18-15+,24-13+,25-23+,27-20+,38-14?,40-17?;. The second kappa shape index (κ2) is 20.4. The van der Waals surface area contributed by atoms with Crippen LogP contribution in [0.1, 0.15) is 45.6 Å². The van der Waals surface area contributed by atoms with E-state index in [0.29, 0.717) is 28.3 Å². The molecule has 0 bridgehead atoms. The van der Waals surface area contributed by atoms with Crippen molar-refractivity contribution in [2.45, 2.75) is 46.2 Å². The zero-order valence-electron chi connectivity index (χ0n) is 29.5. The molecule has 1 aromatic rings. The fourth-order valence-electron chi connectivity index (χ4n) is 4.04. The maximum absolute atomic E-state index is 13.2. The van der Waals surface area contributed by atoms with Gasteiger partial charge in [0, 0.05) is 68.8 Å². The first kappa shape index (κ1) is 42.9. The van der Waals surface area contributed by atoms with Gasteiger partial charge in [-0.15, -0.1) is 0 Å². The smallest absolute Gasteiger partial charge is 0.431 e. The topological polar surface area (TPSA) is 185 Å². The number of alkyl halides is 3. The van der Waals surface area contributed by atoms with E-state index in [0.717, 1.165) is 19.1 Å².